The van der Waals surface area contributed by atoms with Crippen molar-refractivity contribution in [1.29, 1.82) is 0 Å². The third kappa shape index (κ3) is 3.23. The Morgan fingerprint density at radius 2 is 2.05 bits per heavy atom. The number of methoxy groups -OCH3 is 2. The summed E-state index contributed by atoms with van der Waals surface area (Å²) in [6.45, 7) is 0.108. The van der Waals surface area contributed by atoms with Crippen molar-refractivity contribution < 1.29 is 19.4 Å². The Morgan fingerprint density at radius 1 is 1.27 bits per heavy atom. The molecule has 0 fully saturated rings. The summed E-state index contributed by atoms with van der Waals surface area (Å²) in [6.07, 6.45) is 1.06. The fraction of sp³-hybridized carbons (Fsp3) is 0.312. The summed E-state index contributed by atoms with van der Waals surface area (Å²) < 4.78 is 12.2. The van der Waals surface area contributed by atoms with Crippen molar-refractivity contribution in [3.8, 4) is 11.5 Å². The van der Waals surface area contributed by atoms with Gasteiger partial charge in [0.2, 0.25) is 0 Å². The summed E-state index contributed by atoms with van der Waals surface area (Å²) in [5.41, 5.74) is 1.10. The highest BCUT2D eigenvalue weighted by molar-refractivity contribution is 5.97. The second kappa shape index (κ2) is 7.00. The zero-order chi connectivity index (χ0) is 16.1. The Bertz CT molecular complexity index is 651. The van der Waals surface area contributed by atoms with E-state index in [1.54, 1.807) is 18.2 Å². The number of aryl methyl sites for hydroxylation is 1. The normalized spacial score (nSPS) is 11.8. The van der Waals surface area contributed by atoms with Crippen LogP contribution in [0.15, 0.2) is 36.5 Å². The van der Waals surface area contributed by atoms with Gasteiger partial charge in [-0.05, 0) is 24.3 Å². The molecule has 0 bridgehead atoms. The third-order valence-electron chi connectivity index (χ3n) is 3.43. The van der Waals surface area contributed by atoms with Crippen LogP contribution in [-0.4, -0.2) is 36.3 Å². The molecule has 6 heteroatoms. The number of hydrogen-bond donors (Lipinski definition) is 2. The van der Waals surface area contributed by atoms with Crippen molar-refractivity contribution in [1.82, 2.24) is 9.88 Å². The van der Waals surface area contributed by atoms with E-state index in [1.165, 1.54) is 14.2 Å². The minimum absolute atomic E-state index is 0.108. The molecular weight excluding hydrogens is 284 g/mol. The van der Waals surface area contributed by atoms with Gasteiger partial charge >= 0.3 is 0 Å². The van der Waals surface area contributed by atoms with Crippen molar-refractivity contribution >= 4 is 5.91 Å². The van der Waals surface area contributed by atoms with E-state index in [9.17, 15) is 9.90 Å². The molecule has 0 saturated carbocycles. The number of aliphatic hydroxyl groups excluding tert-OH is 1. The maximum atomic E-state index is 12.3. The van der Waals surface area contributed by atoms with Crippen LogP contribution in [-0.2, 0) is 7.05 Å². The molecule has 1 atom stereocenters. The van der Waals surface area contributed by atoms with Crippen LogP contribution in [0.4, 0.5) is 0 Å². The highest BCUT2D eigenvalue weighted by atomic mass is 16.5. The van der Waals surface area contributed by atoms with Crippen LogP contribution in [0.5, 0.6) is 11.5 Å². The Hall–Kier alpha value is -2.47. The highest BCUT2D eigenvalue weighted by Gasteiger charge is 2.18. The second-order valence-electron chi connectivity index (χ2n) is 4.81. The highest BCUT2D eigenvalue weighted by Crippen LogP contribution is 2.30. The number of amides is 1. The largest absolute Gasteiger partial charge is 0.493 e. The summed E-state index contributed by atoms with van der Waals surface area (Å²) in [7, 11) is 4.83. The minimum Gasteiger partial charge on any atom is -0.493 e. The molecule has 22 heavy (non-hydrogen) atoms. The maximum Gasteiger partial charge on any atom is 0.255 e. The molecule has 0 spiro atoms. The summed E-state index contributed by atoms with van der Waals surface area (Å²) in [4.78, 5) is 12.3. The number of para-hydroxylation sites is 1. The molecule has 2 aromatic rings. The molecular formula is C16H20N2O4. The first-order chi connectivity index (χ1) is 10.6. The molecule has 1 amide bonds. The van der Waals surface area contributed by atoms with Crippen molar-refractivity contribution in [2.75, 3.05) is 20.8 Å². The van der Waals surface area contributed by atoms with E-state index in [-0.39, 0.29) is 12.5 Å². The van der Waals surface area contributed by atoms with Gasteiger partial charge in [0, 0.05) is 25.5 Å². The van der Waals surface area contributed by atoms with Crippen molar-refractivity contribution in [2.45, 2.75) is 6.10 Å². The van der Waals surface area contributed by atoms with Gasteiger partial charge in [-0.15, -0.1) is 0 Å². The topological polar surface area (TPSA) is 72.7 Å². The van der Waals surface area contributed by atoms with E-state index in [0.29, 0.717) is 17.1 Å². The van der Waals surface area contributed by atoms with Crippen LogP contribution < -0.4 is 14.8 Å². The van der Waals surface area contributed by atoms with Gasteiger partial charge in [-0.1, -0.05) is 6.07 Å². The van der Waals surface area contributed by atoms with Gasteiger partial charge in [-0.2, -0.15) is 0 Å². The van der Waals surface area contributed by atoms with Crippen molar-refractivity contribution in [3.63, 3.8) is 0 Å². The van der Waals surface area contributed by atoms with E-state index in [2.05, 4.69) is 5.32 Å². The number of aromatic nitrogens is 1. The third-order valence-corrected chi connectivity index (χ3v) is 3.43. The fourth-order valence-corrected chi connectivity index (χ4v) is 2.28. The van der Waals surface area contributed by atoms with Gasteiger partial charge < -0.3 is 24.5 Å². The molecule has 0 aliphatic heterocycles. The van der Waals surface area contributed by atoms with E-state index < -0.39 is 6.10 Å². The SMILES string of the molecule is COc1cccc(C(=O)NCC(O)c2cccn2C)c1OC. The monoisotopic (exact) mass is 304 g/mol. The molecule has 1 aromatic carbocycles. The average molecular weight is 304 g/mol. The molecule has 6 nitrogen and oxygen atoms in total. The molecule has 0 aliphatic carbocycles. The van der Waals surface area contributed by atoms with Gasteiger partial charge in [0.25, 0.3) is 5.91 Å². The smallest absolute Gasteiger partial charge is 0.255 e. The first kappa shape index (κ1) is 15.9. The average Bonchev–Trinajstić information content (AvgIpc) is 2.97. The van der Waals surface area contributed by atoms with Gasteiger partial charge in [0.1, 0.15) is 6.10 Å². The first-order valence-electron chi connectivity index (χ1n) is 6.87. The molecule has 1 aromatic heterocycles. The van der Waals surface area contributed by atoms with Gasteiger partial charge in [-0.25, -0.2) is 0 Å². The molecule has 1 heterocycles. The zero-order valence-corrected chi connectivity index (χ0v) is 12.9. The molecule has 1 unspecified atom stereocenters. The van der Waals surface area contributed by atoms with Crippen LogP contribution in [0.1, 0.15) is 22.2 Å². The van der Waals surface area contributed by atoms with Crippen LogP contribution in [0.25, 0.3) is 0 Å². The predicted octanol–water partition coefficient (Wildman–Crippen LogP) is 1.51. The van der Waals surface area contributed by atoms with E-state index >= 15 is 0 Å². The predicted molar refractivity (Wildman–Crippen MR) is 82.3 cm³/mol. The number of aliphatic hydroxyl groups is 1. The van der Waals surface area contributed by atoms with Crippen molar-refractivity contribution in [2.24, 2.45) is 7.05 Å². The number of carbonyl (C=O) groups excluding carboxylic acids is 1. The van der Waals surface area contributed by atoms with Crippen LogP contribution in [0, 0.1) is 0 Å². The second-order valence-corrected chi connectivity index (χ2v) is 4.81. The standard InChI is InChI=1S/C16H20N2O4/c1-18-9-5-7-12(18)13(19)10-17-16(20)11-6-4-8-14(21-2)15(11)22-3/h4-9,13,19H,10H2,1-3H3,(H,17,20). The summed E-state index contributed by atoms with van der Waals surface area (Å²) in [5.74, 6) is 0.526. The van der Waals surface area contributed by atoms with E-state index in [4.69, 9.17) is 9.47 Å². The molecule has 118 valence electrons. The lowest BCUT2D eigenvalue weighted by Gasteiger charge is -2.15. The molecule has 2 N–H and O–H groups in total. The summed E-state index contributed by atoms with van der Waals surface area (Å²) in [5, 5.41) is 12.8. The molecule has 2 rings (SSSR count). The zero-order valence-electron chi connectivity index (χ0n) is 12.9. The lowest BCUT2D eigenvalue weighted by atomic mass is 10.1. The number of rotatable bonds is 6. The van der Waals surface area contributed by atoms with Gasteiger partial charge in [0.15, 0.2) is 11.5 Å². The Morgan fingerprint density at radius 3 is 2.64 bits per heavy atom. The maximum absolute atomic E-state index is 12.3. The number of benzene rings is 1. The number of ether oxygens (including phenoxy) is 2. The molecule has 0 saturated heterocycles. The lowest BCUT2D eigenvalue weighted by Crippen LogP contribution is -2.29. The van der Waals surface area contributed by atoms with Gasteiger partial charge in [0.05, 0.1) is 19.8 Å². The molecule has 0 aliphatic rings. The Labute approximate surface area is 129 Å². The summed E-state index contributed by atoms with van der Waals surface area (Å²) >= 11 is 0. The van der Waals surface area contributed by atoms with Gasteiger partial charge in [-0.3, -0.25) is 4.79 Å². The number of nitrogens with one attached hydrogen (secondary N) is 1. The van der Waals surface area contributed by atoms with Crippen molar-refractivity contribution in [3.05, 3.63) is 47.8 Å². The van der Waals surface area contributed by atoms with Crippen LogP contribution in [0.2, 0.25) is 0 Å². The first-order valence-corrected chi connectivity index (χ1v) is 6.87. The number of hydrogen-bond acceptors (Lipinski definition) is 4. The van der Waals surface area contributed by atoms with Crippen LogP contribution in [0.3, 0.4) is 0 Å². The Balaban J connectivity index is 2.08. The van der Waals surface area contributed by atoms with E-state index in [0.717, 1.165) is 5.69 Å². The fourth-order valence-electron chi connectivity index (χ4n) is 2.28. The molecule has 0 radical (unpaired) electrons. The number of nitrogens with zero attached hydrogens (tertiary/aromatic N) is 1. The Kier molecular flexibility index (Phi) is 5.06. The quantitative estimate of drug-likeness (QED) is 0.848. The lowest BCUT2D eigenvalue weighted by molar-refractivity contribution is 0.0908. The van der Waals surface area contributed by atoms with Crippen LogP contribution >= 0.6 is 0 Å². The minimum atomic E-state index is -0.777. The summed E-state index contributed by atoms with van der Waals surface area (Å²) in [6, 6.07) is 8.72. The number of carbonyl (C=O) groups is 1. The van der Waals surface area contributed by atoms with E-state index in [1.807, 2.05) is 29.9 Å².